The third-order valence-corrected chi connectivity index (χ3v) is 3.37. The summed E-state index contributed by atoms with van der Waals surface area (Å²) in [7, 11) is 0. The van der Waals surface area contributed by atoms with E-state index in [4.69, 9.17) is 19.3 Å². The lowest BCUT2D eigenvalue weighted by Crippen LogP contribution is -2.11. The van der Waals surface area contributed by atoms with Gasteiger partial charge in [-0.05, 0) is 6.42 Å². The van der Waals surface area contributed by atoms with Gasteiger partial charge in [0.05, 0.1) is 39.6 Å². The maximum absolute atomic E-state index is 8.51. The van der Waals surface area contributed by atoms with Gasteiger partial charge in [-0.1, -0.05) is 58.3 Å². The molecular formula is C17H36O4. The highest BCUT2D eigenvalue weighted by Crippen LogP contribution is 2.09. The number of ether oxygens (including phenoxy) is 3. The molecule has 0 aliphatic carbocycles. The van der Waals surface area contributed by atoms with Gasteiger partial charge in [-0.3, -0.25) is 0 Å². The summed E-state index contributed by atoms with van der Waals surface area (Å²) in [6.07, 6.45) is 12.1. The van der Waals surface area contributed by atoms with Crippen molar-refractivity contribution < 1.29 is 19.3 Å². The number of aliphatic hydroxyl groups is 1. The minimum Gasteiger partial charge on any atom is -0.394 e. The third-order valence-electron chi connectivity index (χ3n) is 3.37. The van der Waals surface area contributed by atoms with Crippen LogP contribution in [0.3, 0.4) is 0 Å². The Morgan fingerprint density at radius 2 is 0.952 bits per heavy atom. The first-order chi connectivity index (χ1) is 10.4. The van der Waals surface area contributed by atoms with Crippen LogP contribution in [0, 0.1) is 0 Å². The molecule has 0 heterocycles. The van der Waals surface area contributed by atoms with Gasteiger partial charge in [-0.15, -0.1) is 0 Å². The van der Waals surface area contributed by atoms with Crippen LogP contribution >= 0.6 is 0 Å². The summed E-state index contributed by atoms with van der Waals surface area (Å²) in [5.41, 5.74) is 0. The lowest BCUT2D eigenvalue weighted by atomic mass is 10.1. The fourth-order valence-electron chi connectivity index (χ4n) is 2.12. The second kappa shape index (κ2) is 19.8. The van der Waals surface area contributed by atoms with E-state index in [1.807, 2.05) is 0 Å². The molecule has 4 nitrogen and oxygen atoms in total. The van der Waals surface area contributed by atoms with Crippen LogP contribution in [0.25, 0.3) is 0 Å². The van der Waals surface area contributed by atoms with Gasteiger partial charge in [0.2, 0.25) is 0 Å². The van der Waals surface area contributed by atoms with Crippen molar-refractivity contribution in [2.24, 2.45) is 0 Å². The zero-order valence-electron chi connectivity index (χ0n) is 14.0. The van der Waals surface area contributed by atoms with Crippen LogP contribution in [-0.2, 0) is 14.2 Å². The van der Waals surface area contributed by atoms with Gasteiger partial charge in [0, 0.05) is 6.61 Å². The van der Waals surface area contributed by atoms with Crippen molar-refractivity contribution in [3.8, 4) is 0 Å². The van der Waals surface area contributed by atoms with Crippen LogP contribution in [0.15, 0.2) is 0 Å². The molecule has 0 aliphatic rings. The van der Waals surface area contributed by atoms with Crippen molar-refractivity contribution in [1.29, 1.82) is 0 Å². The van der Waals surface area contributed by atoms with Crippen molar-refractivity contribution in [2.45, 2.75) is 64.7 Å². The van der Waals surface area contributed by atoms with Gasteiger partial charge in [0.25, 0.3) is 0 Å². The summed E-state index contributed by atoms with van der Waals surface area (Å²) in [6, 6.07) is 0. The molecule has 128 valence electrons. The van der Waals surface area contributed by atoms with Gasteiger partial charge in [0.1, 0.15) is 0 Å². The number of unbranched alkanes of at least 4 members (excludes halogenated alkanes) is 8. The molecule has 0 atom stereocenters. The molecular weight excluding hydrogens is 268 g/mol. The minimum atomic E-state index is 0.0713. The fourth-order valence-corrected chi connectivity index (χ4v) is 2.12. The van der Waals surface area contributed by atoms with Crippen molar-refractivity contribution >= 4 is 0 Å². The first-order valence-electron chi connectivity index (χ1n) is 8.76. The minimum absolute atomic E-state index is 0.0713. The lowest BCUT2D eigenvalue weighted by Gasteiger charge is -2.06. The predicted octanol–water partition coefficient (Wildman–Crippen LogP) is 3.56. The molecule has 0 bridgehead atoms. The molecule has 0 aromatic heterocycles. The standard InChI is InChI=1S/C17H36O4/c1-2-3-4-5-6-7-8-9-10-12-19-14-16-21-17-15-20-13-11-18/h18H,2-17H2,1H3. The van der Waals surface area contributed by atoms with Gasteiger partial charge < -0.3 is 19.3 Å². The molecule has 0 radical (unpaired) electrons. The van der Waals surface area contributed by atoms with E-state index < -0.39 is 0 Å². The Hall–Kier alpha value is -0.160. The Morgan fingerprint density at radius 1 is 0.524 bits per heavy atom. The van der Waals surface area contributed by atoms with Gasteiger partial charge in [0.15, 0.2) is 0 Å². The van der Waals surface area contributed by atoms with E-state index in [9.17, 15) is 0 Å². The Morgan fingerprint density at radius 3 is 1.48 bits per heavy atom. The van der Waals surface area contributed by atoms with Crippen molar-refractivity contribution in [3.05, 3.63) is 0 Å². The normalized spacial score (nSPS) is 11.1. The molecule has 0 aromatic rings. The molecule has 0 rings (SSSR count). The molecule has 0 saturated heterocycles. The Balaban J connectivity index is 2.90. The molecule has 0 amide bonds. The number of aliphatic hydroxyl groups excluding tert-OH is 1. The summed E-state index contributed by atoms with van der Waals surface area (Å²) in [4.78, 5) is 0. The summed E-state index contributed by atoms with van der Waals surface area (Å²) in [6.45, 7) is 5.97. The Bertz CT molecular complexity index is 158. The van der Waals surface area contributed by atoms with E-state index in [1.54, 1.807) is 0 Å². The van der Waals surface area contributed by atoms with E-state index in [1.165, 1.54) is 51.4 Å². The zero-order chi connectivity index (χ0) is 15.4. The molecule has 4 heteroatoms. The zero-order valence-corrected chi connectivity index (χ0v) is 14.0. The smallest absolute Gasteiger partial charge is 0.0701 e. The number of hydrogen-bond acceptors (Lipinski definition) is 4. The van der Waals surface area contributed by atoms with Crippen molar-refractivity contribution in [2.75, 3.05) is 46.2 Å². The maximum Gasteiger partial charge on any atom is 0.0701 e. The maximum atomic E-state index is 8.51. The Kier molecular flexibility index (Phi) is 19.7. The molecule has 0 saturated carbocycles. The molecule has 0 unspecified atom stereocenters. The lowest BCUT2D eigenvalue weighted by molar-refractivity contribution is 0.00719. The summed E-state index contributed by atoms with van der Waals surface area (Å²) >= 11 is 0. The molecule has 0 aromatic carbocycles. The van der Waals surface area contributed by atoms with Crippen molar-refractivity contribution in [3.63, 3.8) is 0 Å². The Labute approximate surface area is 131 Å². The second-order valence-electron chi connectivity index (χ2n) is 5.39. The predicted molar refractivity (Wildman–Crippen MR) is 86.8 cm³/mol. The average molecular weight is 304 g/mol. The van der Waals surface area contributed by atoms with E-state index >= 15 is 0 Å². The van der Waals surface area contributed by atoms with E-state index in [-0.39, 0.29) is 6.61 Å². The first-order valence-corrected chi connectivity index (χ1v) is 8.76. The summed E-state index contributed by atoms with van der Waals surface area (Å²) in [5, 5.41) is 8.51. The van der Waals surface area contributed by atoms with Crippen LogP contribution in [0.1, 0.15) is 64.7 Å². The molecule has 0 spiro atoms. The third kappa shape index (κ3) is 19.8. The van der Waals surface area contributed by atoms with Crippen LogP contribution < -0.4 is 0 Å². The topological polar surface area (TPSA) is 47.9 Å². The first kappa shape index (κ1) is 20.8. The highest BCUT2D eigenvalue weighted by atomic mass is 16.5. The number of rotatable bonds is 18. The van der Waals surface area contributed by atoms with E-state index in [0.29, 0.717) is 33.0 Å². The molecule has 21 heavy (non-hydrogen) atoms. The number of hydrogen-bond donors (Lipinski definition) is 1. The molecule has 0 aliphatic heterocycles. The average Bonchev–Trinajstić information content (AvgIpc) is 2.50. The van der Waals surface area contributed by atoms with E-state index in [0.717, 1.165) is 13.0 Å². The van der Waals surface area contributed by atoms with Crippen molar-refractivity contribution in [1.82, 2.24) is 0 Å². The van der Waals surface area contributed by atoms with E-state index in [2.05, 4.69) is 6.92 Å². The highest BCUT2D eigenvalue weighted by Gasteiger charge is 1.94. The molecule has 0 fully saturated rings. The van der Waals surface area contributed by atoms with Crippen LogP contribution in [0.2, 0.25) is 0 Å². The monoisotopic (exact) mass is 304 g/mol. The largest absolute Gasteiger partial charge is 0.394 e. The van der Waals surface area contributed by atoms with Crippen LogP contribution in [0.4, 0.5) is 0 Å². The summed E-state index contributed by atoms with van der Waals surface area (Å²) in [5.74, 6) is 0. The van der Waals surface area contributed by atoms with Crippen LogP contribution in [-0.4, -0.2) is 51.4 Å². The SMILES string of the molecule is CCCCCCCCCCCOCCOCCOCCO. The fraction of sp³-hybridized carbons (Fsp3) is 1.00. The van der Waals surface area contributed by atoms with Gasteiger partial charge in [-0.25, -0.2) is 0 Å². The van der Waals surface area contributed by atoms with Crippen LogP contribution in [0.5, 0.6) is 0 Å². The van der Waals surface area contributed by atoms with Gasteiger partial charge >= 0.3 is 0 Å². The highest BCUT2D eigenvalue weighted by molar-refractivity contribution is 4.46. The quantitative estimate of drug-likeness (QED) is 0.393. The second-order valence-corrected chi connectivity index (χ2v) is 5.39. The summed E-state index contributed by atoms with van der Waals surface area (Å²) < 4.78 is 15.9. The van der Waals surface area contributed by atoms with Gasteiger partial charge in [-0.2, -0.15) is 0 Å². The molecule has 1 N–H and O–H groups in total.